The first-order chi connectivity index (χ1) is 12.3. The number of ether oxygens (including phenoxy) is 2. The number of hydrogen-bond donors (Lipinski definition) is 3. The third kappa shape index (κ3) is 5.33. The van der Waals surface area contributed by atoms with Gasteiger partial charge >= 0.3 is 13.5 Å². The molecule has 5 atom stereocenters. The highest BCUT2D eigenvalue weighted by atomic mass is 31.3. The summed E-state index contributed by atoms with van der Waals surface area (Å²) in [7, 11) is -10.1. The smallest absolute Gasteiger partial charge is 0.476 e. The molecule has 0 bridgehead atoms. The zero-order valence-electron chi connectivity index (χ0n) is 13.3. The first kappa shape index (κ1) is 21.9. The van der Waals surface area contributed by atoms with Crippen molar-refractivity contribution in [3.05, 3.63) is 16.7 Å². The zero-order chi connectivity index (χ0) is 20.6. The summed E-state index contributed by atoms with van der Waals surface area (Å²) in [5, 5.41) is 31.3. The fourth-order valence-corrected chi connectivity index (χ4v) is 3.71. The molecular formula is C10H13N2O13P2-3. The van der Waals surface area contributed by atoms with E-state index in [2.05, 4.69) is 13.8 Å². The van der Waals surface area contributed by atoms with Crippen LogP contribution < -0.4 is 25.3 Å². The number of phosphoric ester groups is 1. The molecular weight excluding hydrogens is 418 g/mol. The SMILES string of the molecule is COc1cn(C2OC(COP(=O)(O)OP(=O)([O-])[O-])C(O)C2O)c(=O)nc1[O-]. The largest absolute Gasteiger partial charge is 0.856 e. The van der Waals surface area contributed by atoms with E-state index >= 15 is 0 Å². The van der Waals surface area contributed by atoms with Gasteiger partial charge in [0.1, 0.15) is 24.1 Å². The first-order valence-electron chi connectivity index (χ1n) is 6.91. The van der Waals surface area contributed by atoms with Crippen LogP contribution in [0.2, 0.25) is 0 Å². The average Bonchev–Trinajstić information content (AvgIpc) is 2.79. The molecule has 5 unspecified atom stereocenters. The third-order valence-electron chi connectivity index (χ3n) is 3.32. The number of methoxy groups -OCH3 is 1. The molecule has 3 N–H and O–H groups in total. The normalized spacial score (nSPS) is 28.1. The van der Waals surface area contributed by atoms with E-state index in [1.54, 1.807) is 0 Å². The van der Waals surface area contributed by atoms with Crippen LogP contribution in [0.1, 0.15) is 6.23 Å². The van der Waals surface area contributed by atoms with Crippen molar-refractivity contribution >= 4 is 15.6 Å². The molecule has 0 saturated carbocycles. The fourth-order valence-electron chi connectivity index (χ4n) is 2.17. The molecule has 1 aromatic heterocycles. The lowest BCUT2D eigenvalue weighted by Gasteiger charge is -2.30. The molecule has 15 nitrogen and oxygen atoms in total. The summed E-state index contributed by atoms with van der Waals surface area (Å²) in [5.74, 6) is -1.35. The quantitative estimate of drug-likeness (QED) is 0.348. The van der Waals surface area contributed by atoms with E-state index in [0.29, 0.717) is 4.57 Å². The molecule has 0 amide bonds. The monoisotopic (exact) mass is 431 g/mol. The topological polar surface area (TPSA) is 236 Å². The number of hydrogen-bond acceptors (Lipinski definition) is 13. The summed E-state index contributed by atoms with van der Waals surface area (Å²) in [5.41, 5.74) is -1.14. The minimum Gasteiger partial charge on any atom is -0.856 e. The van der Waals surface area contributed by atoms with Crippen molar-refractivity contribution in [2.75, 3.05) is 13.7 Å². The Morgan fingerprint density at radius 3 is 2.52 bits per heavy atom. The summed E-state index contributed by atoms with van der Waals surface area (Å²) in [6.45, 7) is -0.999. The lowest BCUT2D eigenvalue weighted by molar-refractivity contribution is -0.334. The van der Waals surface area contributed by atoms with Crippen LogP contribution in [0.5, 0.6) is 11.6 Å². The van der Waals surface area contributed by atoms with Gasteiger partial charge in [-0.25, -0.2) is 14.3 Å². The Labute approximate surface area is 150 Å². The van der Waals surface area contributed by atoms with Gasteiger partial charge in [0, 0.05) is 5.88 Å². The Bertz CT molecular complexity index is 837. The maximum atomic E-state index is 11.8. The van der Waals surface area contributed by atoms with E-state index in [1.807, 2.05) is 0 Å². The van der Waals surface area contributed by atoms with Crippen molar-refractivity contribution in [2.24, 2.45) is 0 Å². The van der Waals surface area contributed by atoms with Crippen LogP contribution >= 0.6 is 15.6 Å². The van der Waals surface area contributed by atoms with Gasteiger partial charge in [-0.3, -0.25) is 13.4 Å². The van der Waals surface area contributed by atoms with Crippen LogP contribution in [0.4, 0.5) is 0 Å². The van der Waals surface area contributed by atoms with E-state index in [0.717, 1.165) is 13.3 Å². The number of aromatic nitrogens is 2. The van der Waals surface area contributed by atoms with Gasteiger partial charge in [-0.05, 0) is 0 Å². The average molecular weight is 431 g/mol. The molecule has 17 heteroatoms. The minimum atomic E-state index is -5.84. The molecule has 27 heavy (non-hydrogen) atoms. The Morgan fingerprint density at radius 2 is 1.96 bits per heavy atom. The molecule has 0 aliphatic carbocycles. The Kier molecular flexibility index (Phi) is 6.44. The summed E-state index contributed by atoms with van der Waals surface area (Å²) in [4.78, 5) is 44.8. The summed E-state index contributed by atoms with van der Waals surface area (Å²) in [6, 6.07) is 0. The van der Waals surface area contributed by atoms with Crippen molar-refractivity contribution in [1.82, 2.24) is 9.55 Å². The molecule has 0 spiro atoms. The van der Waals surface area contributed by atoms with Crippen LogP contribution in [0.15, 0.2) is 11.0 Å². The zero-order valence-corrected chi connectivity index (χ0v) is 15.1. The second-order valence-electron chi connectivity index (χ2n) is 5.14. The van der Waals surface area contributed by atoms with Gasteiger partial charge in [-0.1, -0.05) is 0 Å². The van der Waals surface area contributed by atoms with Gasteiger partial charge in [-0.2, -0.15) is 0 Å². The molecule has 1 aromatic rings. The number of phosphoric acid groups is 2. The van der Waals surface area contributed by atoms with Crippen molar-refractivity contribution in [1.29, 1.82) is 0 Å². The van der Waals surface area contributed by atoms with Crippen molar-refractivity contribution in [3.63, 3.8) is 0 Å². The number of aliphatic hydroxyl groups is 2. The summed E-state index contributed by atoms with van der Waals surface area (Å²) >= 11 is 0. The van der Waals surface area contributed by atoms with Crippen molar-refractivity contribution < 1.29 is 57.4 Å². The van der Waals surface area contributed by atoms with Crippen LogP contribution in [-0.2, 0) is 22.7 Å². The molecule has 1 aliphatic heterocycles. The molecule has 1 fully saturated rings. The summed E-state index contributed by atoms with van der Waals surface area (Å²) < 4.78 is 39.7. The molecule has 1 aliphatic rings. The molecule has 2 rings (SSSR count). The lowest BCUT2D eigenvalue weighted by Crippen LogP contribution is -2.36. The minimum absolute atomic E-state index is 0.366. The number of rotatable bonds is 7. The van der Waals surface area contributed by atoms with Crippen LogP contribution in [0.3, 0.4) is 0 Å². The Morgan fingerprint density at radius 1 is 1.33 bits per heavy atom. The van der Waals surface area contributed by atoms with E-state index in [9.17, 15) is 39.0 Å². The Balaban J connectivity index is 2.16. The highest BCUT2D eigenvalue weighted by Crippen LogP contribution is 2.54. The molecule has 0 aromatic carbocycles. The molecule has 0 radical (unpaired) electrons. The first-order valence-corrected chi connectivity index (χ1v) is 9.87. The molecule has 2 heterocycles. The predicted molar refractivity (Wildman–Crippen MR) is 74.9 cm³/mol. The highest BCUT2D eigenvalue weighted by molar-refractivity contribution is 7.59. The molecule has 154 valence electrons. The predicted octanol–water partition coefficient (Wildman–Crippen LogP) is -4.09. The number of nitrogens with zero attached hydrogens (tertiary/aromatic N) is 2. The van der Waals surface area contributed by atoms with Gasteiger partial charge in [0.2, 0.25) is 0 Å². The van der Waals surface area contributed by atoms with Crippen molar-refractivity contribution in [2.45, 2.75) is 24.5 Å². The van der Waals surface area contributed by atoms with E-state index in [1.165, 1.54) is 0 Å². The second kappa shape index (κ2) is 7.93. The van der Waals surface area contributed by atoms with Gasteiger partial charge in [-0.15, -0.1) is 0 Å². The van der Waals surface area contributed by atoms with Crippen LogP contribution in [-0.4, -0.2) is 56.7 Å². The van der Waals surface area contributed by atoms with Gasteiger partial charge in [0.05, 0.1) is 27.7 Å². The second-order valence-corrected chi connectivity index (χ2v) is 7.89. The number of aliphatic hydroxyl groups excluding tert-OH is 2. The Hall–Kier alpha value is -1.38. The standard InChI is InChI=1S/C10H16N2O13P2/c1-22-4-2-12(10(16)11-8(4)15)9-7(14)6(13)5(24-9)3-23-27(20,21)25-26(17,18)19/h2,5-7,9,13-14H,3H2,1H3,(H,20,21)(H,11,15,16)(H2,17,18,19)/p-3. The highest BCUT2D eigenvalue weighted by Gasteiger charge is 2.45. The fraction of sp³-hybridized carbons (Fsp3) is 0.600. The molecule has 1 saturated heterocycles. The van der Waals surface area contributed by atoms with E-state index < -0.39 is 58.4 Å². The van der Waals surface area contributed by atoms with Gasteiger partial charge < -0.3 is 44.0 Å². The maximum Gasteiger partial charge on any atom is 0.476 e. The lowest BCUT2D eigenvalue weighted by atomic mass is 10.1. The summed E-state index contributed by atoms with van der Waals surface area (Å²) in [6.07, 6.45) is -5.81. The van der Waals surface area contributed by atoms with Crippen LogP contribution in [0.25, 0.3) is 0 Å². The third-order valence-corrected chi connectivity index (χ3v) is 5.42. The van der Waals surface area contributed by atoms with Crippen molar-refractivity contribution in [3.8, 4) is 11.6 Å². The van der Waals surface area contributed by atoms with Crippen LogP contribution in [0, 0.1) is 0 Å². The van der Waals surface area contributed by atoms with E-state index in [4.69, 9.17) is 14.4 Å². The van der Waals surface area contributed by atoms with Gasteiger partial charge in [0.15, 0.2) is 6.23 Å². The van der Waals surface area contributed by atoms with E-state index in [-0.39, 0.29) is 5.75 Å². The van der Waals surface area contributed by atoms with Gasteiger partial charge in [0.25, 0.3) is 0 Å². The maximum absolute atomic E-state index is 11.8.